The molecule has 2 rings (SSSR count). The minimum Gasteiger partial charge on any atom is -0.307 e. The molecule has 2 unspecified atom stereocenters. The Hall–Kier alpha value is -0.410. The van der Waals surface area contributed by atoms with Crippen LogP contribution in [0.25, 0.3) is 0 Å². The monoisotopic (exact) mass is 252 g/mol. The highest BCUT2D eigenvalue weighted by molar-refractivity contribution is 7.09. The maximum absolute atomic E-state index is 4.34. The minimum absolute atomic E-state index is 0.418. The molecule has 17 heavy (non-hydrogen) atoms. The summed E-state index contributed by atoms with van der Waals surface area (Å²) in [7, 11) is 0. The Labute approximate surface area is 109 Å². The summed E-state index contributed by atoms with van der Waals surface area (Å²) < 4.78 is 0. The van der Waals surface area contributed by atoms with Crippen molar-refractivity contribution in [1.29, 1.82) is 0 Å². The van der Waals surface area contributed by atoms with Gasteiger partial charge in [0.1, 0.15) is 5.01 Å². The number of thiazole rings is 1. The van der Waals surface area contributed by atoms with Gasteiger partial charge in [-0.3, -0.25) is 0 Å². The van der Waals surface area contributed by atoms with Crippen LogP contribution in [0.15, 0.2) is 11.6 Å². The van der Waals surface area contributed by atoms with Crippen molar-refractivity contribution in [1.82, 2.24) is 10.3 Å². The van der Waals surface area contributed by atoms with E-state index >= 15 is 0 Å². The van der Waals surface area contributed by atoms with Crippen LogP contribution in [0.5, 0.6) is 0 Å². The highest BCUT2D eigenvalue weighted by atomic mass is 32.1. The third-order valence-corrected chi connectivity index (χ3v) is 4.66. The van der Waals surface area contributed by atoms with Gasteiger partial charge in [0.15, 0.2) is 0 Å². The molecule has 3 heteroatoms. The van der Waals surface area contributed by atoms with Crippen LogP contribution < -0.4 is 5.32 Å². The van der Waals surface area contributed by atoms with Gasteiger partial charge in [-0.2, -0.15) is 0 Å². The second-order valence-electron chi connectivity index (χ2n) is 6.17. The molecular weight excluding hydrogens is 228 g/mol. The van der Waals surface area contributed by atoms with Crippen molar-refractivity contribution in [3.8, 4) is 0 Å². The molecule has 1 aliphatic carbocycles. The third kappa shape index (κ3) is 3.52. The fourth-order valence-electron chi connectivity index (χ4n) is 2.97. The van der Waals surface area contributed by atoms with E-state index in [4.69, 9.17) is 0 Å². The van der Waals surface area contributed by atoms with E-state index in [1.165, 1.54) is 30.7 Å². The summed E-state index contributed by atoms with van der Waals surface area (Å²) in [5.41, 5.74) is 0.418. The number of aromatic nitrogens is 1. The van der Waals surface area contributed by atoms with Gasteiger partial charge in [-0.05, 0) is 24.2 Å². The largest absolute Gasteiger partial charge is 0.307 e. The van der Waals surface area contributed by atoms with Crippen LogP contribution in [0.2, 0.25) is 0 Å². The summed E-state index contributed by atoms with van der Waals surface area (Å²) in [6.07, 6.45) is 7.37. The molecular formula is C14H24N2S. The number of rotatable bonds is 3. The first kappa shape index (κ1) is 13.0. The molecule has 0 radical (unpaired) electrons. The molecule has 96 valence electrons. The molecule has 1 fully saturated rings. The molecule has 0 amide bonds. The second kappa shape index (κ2) is 5.49. The Bertz CT molecular complexity index is 326. The number of nitrogens with one attached hydrogen (secondary N) is 1. The lowest BCUT2D eigenvalue weighted by molar-refractivity contribution is 0.130. The third-order valence-electron chi connectivity index (χ3n) is 3.88. The molecule has 1 N–H and O–H groups in total. The van der Waals surface area contributed by atoms with E-state index in [1.807, 2.05) is 6.20 Å². The van der Waals surface area contributed by atoms with E-state index in [-0.39, 0.29) is 0 Å². The Morgan fingerprint density at radius 1 is 1.35 bits per heavy atom. The normalized spacial score (nSPS) is 26.1. The molecule has 0 spiro atoms. The van der Waals surface area contributed by atoms with Crippen molar-refractivity contribution in [3.63, 3.8) is 0 Å². The number of hydrogen-bond donors (Lipinski definition) is 1. The van der Waals surface area contributed by atoms with Crippen molar-refractivity contribution in [2.75, 3.05) is 0 Å². The summed E-state index contributed by atoms with van der Waals surface area (Å²) in [5.74, 6) is 0.802. The molecule has 0 bridgehead atoms. The molecule has 0 aliphatic heterocycles. The van der Waals surface area contributed by atoms with E-state index in [2.05, 4.69) is 36.5 Å². The van der Waals surface area contributed by atoms with Gasteiger partial charge in [0, 0.05) is 24.2 Å². The van der Waals surface area contributed by atoms with Gasteiger partial charge < -0.3 is 5.32 Å². The Kier molecular flexibility index (Phi) is 4.21. The van der Waals surface area contributed by atoms with Crippen LogP contribution >= 0.6 is 11.3 Å². The van der Waals surface area contributed by atoms with Gasteiger partial charge in [0.2, 0.25) is 0 Å². The molecule has 2 nitrogen and oxygen atoms in total. The van der Waals surface area contributed by atoms with Gasteiger partial charge in [-0.1, -0.05) is 33.6 Å². The van der Waals surface area contributed by atoms with Gasteiger partial charge in [-0.15, -0.1) is 11.3 Å². The average molecular weight is 252 g/mol. The molecule has 1 saturated carbocycles. The van der Waals surface area contributed by atoms with Crippen LogP contribution in [-0.2, 0) is 6.54 Å². The van der Waals surface area contributed by atoms with Crippen LogP contribution in [0, 0.1) is 11.3 Å². The second-order valence-corrected chi connectivity index (χ2v) is 7.15. The summed E-state index contributed by atoms with van der Waals surface area (Å²) >= 11 is 1.75. The first-order chi connectivity index (χ1) is 8.07. The Morgan fingerprint density at radius 2 is 2.12 bits per heavy atom. The predicted octanol–water partition coefficient (Wildman–Crippen LogP) is 3.84. The molecule has 1 aromatic heterocycles. The molecule has 0 saturated heterocycles. The molecule has 1 aromatic rings. The quantitative estimate of drug-likeness (QED) is 0.884. The zero-order chi connectivity index (χ0) is 12.3. The lowest BCUT2D eigenvalue weighted by atomic mass is 9.69. The van der Waals surface area contributed by atoms with Crippen molar-refractivity contribution < 1.29 is 0 Å². The van der Waals surface area contributed by atoms with Crippen LogP contribution in [0.4, 0.5) is 0 Å². The fourth-order valence-corrected chi connectivity index (χ4v) is 3.54. The van der Waals surface area contributed by atoms with Crippen molar-refractivity contribution in [2.24, 2.45) is 11.3 Å². The van der Waals surface area contributed by atoms with E-state index in [0.717, 1.165) is 12.5 Å². The van der Waals surface area contributed by atoms with Crippen molar-refractivity contribution in [3.05, 3.63) is 16.6 Å². The molecule has 0 aromatic carbocycles. The van der Waals surface area contributed by atoms with Crippen molar-refractivity contribution >= 4 is 11.3 Å². The predicted molar refractivity (Wildman–Crippen MR) is 74.2 cm³/mol. The number of nitrogens with zero attached hydrogens (tertiary/aromatic N) is 1. The lowest BCUT2D eigenvalue weighted by Gasteiger charge is -2.40. The zero-order valence-corrected chi connectivity index (χ0v) is 12.0. The zero-order valence-electron chi connectivity index (χ0n) is 11.2. The van der Waals surface area contributed by atoms with Gasteiger partial charge in [0.05, 0.1) is 0 Å². The van der Waals surface area contributed by atoms with Crippen LogP contribution in [-0.4, -0.2) is 11.0 Å². The summed E-state index contributed by atoms with van der Waals surface area (Å²) in [5, 5.41) is 6.99. The lowest BCUT2D eigenvalue weighted by Crippen LogP contribution is -2.43. The molecule has 1 aliphatic rings. The van der Waals surface area contributed by atoms with E-state index in [1.54, 1.807) is 11.3 Å². The summed E-state index contributed by atoms with van der Waals surface area (Å²) in [6, 6.07) is 0.674. The van der Waals surface area contributed by atoms with E-state index in [0.29, 0.717) is 11.5 Å². The average Bonchev–Trinajstić information content (AvgIpc) is 2.78. The number of hydrogen-bond acceptors (Lipinski definition) is 3. The highest BCUT2D eigenvalue weighted by Gasteiger charge is 2.33. The summed E-state index contributed by atoms with van der Waals surface area (Å²) in [4.78, 5) is 4.34. The maximum atomic E-state index is 4.34. The minimum atomic E-state index is 0.418. The first-order valence-electron chi connectivity index (χ1n) is 6.69. The fraction of sp³-hybridized carbons (Fsp3) is 0.786. The van der Waals surface area contributed by atoms with Gasteiger partial charge in [0.25, 0.3) is 0 Å². The van der Waals surface area contributed by atoms with Gasteiger partial charge >= 0.3 is 0 Å². The van der Waals surface area contributed by atoms with Crippen LogP contribution in [0.1, 0.15) is 51.5 Å². The Balaban J connectivity index is 1.92. The maximum Gasteiger partial charge on any atom is 0.106 e. The smallest absolute Gasteiger partial charge is 0.106 e. The Morgan fingerprint density at radius 3 is 2.76 bits per heavy atom. The van der Waals surface area contributed by atoms with Gasteiger partial charge in [-0.25, -0.2) is 4.98 Å². The van der Waals surface area contributed by atoms with Crippen molar-refractivity contribution in [2.45, 2.75) is 59.0 Å². The SMILES string of the molecule is CC(C)(C)C1CCCCC1NCc1nccs1. The highest BCUT2D eigenvalue weighted by Crippen LogP contribution is 2.38. The van der Waals surface area contributed by atoms with Crippen LogP contribution in [0.3, 0.4) is 0 Å². The van der Waals surface area contributed by atoms with E-state index in [9.17, 15) is 0 Å². The first-order valence-corrected chi connectivity index (χ1v) is 7.57. The topological polar surface area (TPSA) is 24.9 Å². The van der Waals surface area contributed by atoms with E-state index < -0.39 is 0 Å². The molecule has 2 atom stereocenters. The standard InChI is InChI=1S/C14H24N2S/c1-14(2,3)11-6-4-5-7-12(11)16-10-13-15-8-9-17-13/h8-9,11-12,16H,4-7,10H2,1-3H3. The summed E-state index contributed by atoms with van der Waals surface area (Å²) in [6.45, 7) is 8.07. The molecule has 1 heterocycles.